The van der Waals surface area contributed by atoms with Gasteiger partial charge in [-0.25, -0.2) is 0 Å². The Hall–Kier alpha value is -3.30. The molecule has 4 rings (SSSR count). The Balaban J connectivity index is 1.44. The van der Waals surface area contributed by atoms with Crippen LogP contribution in [0.15, 0.2) is 47.4 Å². The summed E-state index contributed by atoms with van der Waals surface area (Å²) in [4.78, 5) is 38.3. The monoisotopic (exact) mass is 497 g/mol. The standard InChI is InChI=1S/C24H24ClN5O3S/c1-12-9-13(2)30(29-12)14(3)22(31)27-19-7-6-17(11-18(19)25)26-24(33)16-5-8-21-20(10-16)28-23(32)15(4)34-21/h5-11,14-15H,1-4H3,(H,26,33)(H,27,31)(H,28,32)/t14-,15+/m0/s1. The summed E-state index contributed by atoms with van der Waals surface area (Å²) in [6.07, 6.45) is 0. The molecule has 10 heteroatoms. The first kappa shape index (κ1) is 23.8. The maximum atomic E-state index is 12.7. The zero-order valence-electron chi connectivity index (χ0n) is 19.1. The topological polar surface area (TPSA) is 105 Å². The fourth-order valence-corrected chi connectivity index (χ4v) is 4.79. The summed E-state index contributed by atoms with van der Waals surface area (Å²) in [7, 11) is 0. The molecular formula is C24H24ClN5O3S. The number of fused-ring (bicyclic) bond motifs is 1. The molecule has 176 valence electrons. The third kappa shape index (κ3) is 4.95. The summed E-state index contributed by atoms with van der Waals surface area (Å²) in [6, 6.07) is 11.4. The van der Waals surface area contributed by atoms with E-state index in [1.165, 1.54) is 11.8 Å². The van der Waals surface area contributed by atoms with Crippen LogP contribution in [0.2, 0.25) is 5.02 Å². The first-order valence-corrected chi connectivity index (χ1v) is 11.9. The normalized spacial score (nSPS) is 15.8. The fraction of sp³-hybridized carbons (Fsp3) is 0.250. The number of halogens is 1. The van der Waals surface area contributed by atoms with Crippen molar-refractivity contribution in [2.45, 2.75) is 43.9 Å². The highest BCUT2D eigenvalue weighted by molar-refractivity contribution is 8.00. The van der Waals surface area contributed by atoms with Crippen molar-refractivity contribution in [1.29, 1.82) is 0 Å². The van der Waals surface area contributed by atoms with Crippen LogP contribution in [0.1, 0.15) is 41.6 Å². The molecule has 1 aliphatic heterocycles. The molecule has 3 amide bonds. The number of carbonyl (C=O) groups excluding carboxylic acids is 3. The molecule has 2 heterocycles. The third-order valence-corrected chi connectivity index (χ3v) is 6.94. The second-order valence-electron chi connectivity index (χ2n) is 8.15. The van der Waals surface area contributed by atoms with Crippen molar-refractivity contribution in [2.75, 3.05) is 16.0 Å². The number of nitrogens with zero attached hydrogens (tertiary/aromatic N) is 2. The van der Waals surface area contributed by atoms with Gasteiger partial charge in [0.2, 0.25) is 11.8 Å². The van der Waals surface area contributed by atoms with E-state index in [1.54, 1.807) is 41.9 Å². The number of nitrogens with one attached hydrogen (secondary N) is 3. The molecule has 3 aromatic rings. The van der Waals surface area contributed by atoms with E-state index < -0.39 is 6.04 Å². The van der Waals surface area contributed by atoms with Crippen LogP contribution in [0.4, 0.5) is 17.1 Å². The zero-order valence-corrected chi connectivity index (χ0v) is 20.7. The van der Waals surface area contributed by atoms with E-state index in [-0.39, 0.29) is 28.0 Å². The highest BCUT2D eigenvalue weighted by atomic mass is 35.5. The minimum Gasteiger partial charge on any atom is -0.324 e. The second kappa shape index (κ2) is 9.52. The number of benzene rings is 2. The Morgan fingerprint density at radius 2 is 1.91 bits per heavy atom. The molecule has 0 spiro atoms. The Kier molecular flexibility index (Phi) is 6.67. The number of hydrogen-bond donors (Lipinski definition) is 3. The lowest BCUT2D eigenvalue weighted by atomic mass is 10.1. The number of carbonyl (C=O) groups is 3. The largest absolute Gasteiger partial charge is 0.324 e. The van der Waals surface area contributed by atoms with Crippen molar-refractivity contribution in [2.24, 2.45) is 0 Å². The molecular weight excluding hydrogens is 474 g/mol. The Bertz CT molecular complexity index is 1310. The maximum Gasteiger partial charge on any atom is 0.255 e. The second-order valence-corrected chi connectivity index (χ2v) is 9.94. The smallest absolute Gasteiger partial charge is 0.255 e. The molecule has 3 N–H and O–H groups in total. The molecule has 0 fully saturated rings. The van der Waals surface area contributed by atoms with Crippen LogP contribution in [0.5, 0.6) is 0 Å². The van der Waals surface area contributed by atoms with Gasteiger partial charge in [0, 0.05) is 21.8 Å². The van der Waals surface area contributed by atoms with Gasteiger partial charge >= 0.3 is 0 Å². The average molecular weight is 498 g/mol. The maximum absolute atomic E-state index is 12.7. The summed E-state index contributed by atoms with van der Waals surface area (Å²) in [5.74, 6) is -0.688. The van der Waals surface area contributed by atoms with Crippen LogP contribution in [-0.2, 0) is 9.59 Å². The van der Waals surface area contributed by atoms with E-state index in [1.807, 2.05) is 32.9 Å². The molecule has 0 bridgehead atoms. The van der Waals surface area contributed by atoms with Crippen LogP contribution < -0.4 is 16.0 Å². The minimum absolute atomic E-state index is 0.0911. The number of anilines is 3. The van der Waals surface area contributed by atoms with Gasteiger partial charge in [-0.15, -0.1) is 11.8 Å². The van der Waals surface area contributed by atoms with Crippen molar-refractivity contribution in [1.82, 2.24) is 9.78 Å². The number of aromatic nitrogens is 2. The Labute approximate surface area is 206 Å². The summed E-state index contributed by atoms with van der Waals surface area (Å²) < 4.78 is 1.66. The minimum atomic E-state index is -0.519. The van der Waals surface area contributed by atoms with E-state index in [4.69, 9.17) is 11.6 Å². The van der Waals surface area contributed by atoms with Gasteiger partial charge < -0.3 is 16.0 Å². The van der Waals surface area contributed by atoms with Crippen molar-refractivity contribution in [3.05, 3.63) is 64.4 Å². The lowest BCUT2D eigenvalue weighted by Crippen LogP contribution is -2.26. The molecule has 0 unspecified atom stereocenters. The van der Waals surface area contributed by atoms with Crippen LogP contribution in [0.3, 0.4) is 0 Å². The van der Waals surface area contributed by atoms with E-state index >= 15 is 0 Å². The fourth-order valence-electron chi connectivity index (χ4n) is 3.63. The van der Waals surface area contributed by atoms with Gasteiger partial charge in [0.25, 0.3) is 5.91 Å². The van der Waals surface area contributed by atoms with Crippen LogP contribution in [0, 0.1) is 13.8 Å². The molecule has 0 saturated carbocycles. The molecule has 34 heavy (non-hydrogen) atoms. The third-order valence-electron chi connectivity index (χ3n) is 5.45. The van der Waals surface area contributed by atoms with Crippen LogP contribution >= 0.6 is 23.4 Å². The zero-order chi connectivity index (χ0) is 24.6. The SMILES string of the molecule is Cc1cc(C)n([C@@H](C)C(=O)Nc2ccc(NC(=O)c3ccc4c(c3)NC(=O)[C@@H](C)S4)cc2Cl)n1. The summed E-state index contributed by atoms with van der Waals surface area (Å²) >= 11 is 7.83. The molecule has 0 saturated heterocycles. The molecule has 2 aromatic carbocycles. The first-order chi connectivity index (χ1) is 16.1. The summed E-state index contributed by atoms with van der Waals surface area (Å²) in [5.41, 5.74) is 3.66. The number of aryl methyl sites for hydroxylation is 2. The first-order valence-electron chi connectivity index (χ1n) is 10.7. The number of rotatable bonds is 5. The van der Waals surface area contributed by atoms with Crippen molar-refractivity contribution < 1.29 is 14.4 Å². The van der Waals surface area contributed by atoms with Crippen molar-refractivity contribution in [3.8, 4) is 0 Å². The molecule has 8 nitrogen and oxygen atoms in total. The lowest BCUT2D eigenvalue weighted by molar-refractivity contribution is -0.119. The van der Waals surface area contributed by atoms with E-state index in [9.17, 15) is 14.4 Å². The van der Waals surface area contributed by atoms with E-state index in [0.29, 0.717) is 22.6 Å². The molecule has 2 atom stereocenters. The van der Waals surface area contributed by atoms with Crippen LogP contribution in [-0.4, -0.2) is 32.8 Å². The summed E-state index contributed by atoms with van der Waals surface area (Å²) in [6.45, 7) is 7.36. The van der Waals surface area contributed by atoms with Gasteiger partial charge in [0.05, 0.1) is 27.3 Å². The molecule has 1 aliphatic rings. The van der Waals surface area contributed by atoms with Crippen LogP contribution in [0.25, 0.3) is 0 Å². The van der Waals surface area contributed by atoms with E-state index in [0.717, 1.165) is 16.3 Å². The van der Waals surface area contributed by atoms with Gasteiger partial charge in [0.1, 0.15) is 6.04 Å². The number of thioether (sulfide) groups is 1. The Morgan fingerprint density at radius 3 is 2.59 bits per heavy atom. The predicted octanol–water partition coefficient (Wildman–Crippen LogP) is 5.04. The number of hydrogen-bond acceptors (Lipinski definition) is 5. The highest BCUT2D eigenvalue weighted by Crippen LogP contribution is 2.36. The van der Waals surface area contributed by atoms with Gasteiger partial charge in [-0.1, -0.05) is 11.6 Å². The molecule has 1 aromatic heterocycles. The van der Waals surface area contributed by atoms with E-state index in [2.05, 4.69) is 21.0 Å². The lowest BCUT2D eigenvalue weighted by Gasteiger charge is -2.21. The van der Waals surface area contributed by atoms with Gasteiger partial charge in [-0.3, -0.25) is 19.1 Å². The van der Waals surface area contributed by atoms with Gasteiger partial charge in [0.15, 0.2) is 0 Å². The van der Waals surface area contributed by atoms with Gasteiger partial charge in [-0.2, -0.15) is 5.10 Å². The molecule has 0 radical (unpaired) electrons. The van der Waals surface area contributed by atoms with Crippen molar-refractivity contribution in [3.63, 3.8) is 0 Å². The van der Waals surface area contributed by atoms with Crippen molar-refractivity contribution >= 4 is 58.1 Å². The highest BCUT2D eigenvalue weighted by Gasteiger charge is 2.24. The van der Waals surface area contributed by atoms with Gasteiger partial charge in [-0.05, 0) is 70.2 Å². The predicted molar refractivity (Wildman–Crippen MR) is 135 cm³/mol. The Morgan fingerprint density at radius 1 is 1.15 bits per heavy atom. The summed E-state index contributed by atoms with van der Waals surface area (Å²) in [5, 5.41) is 12.9. The average Bonchev–Trinajstić information content (AvgIpc) is 3.13. The number of amides is 3. The quantitative estimate of drug-likeness (QED) is 0.458. The molecule has 0 aliphatic carbocycles.